The minimum absolute atomic E-state index is 0. The van der Waals surface area contributed by atoms with Crippen molar-refractivity contribution in [1.29, 1.82) is 0 Å². The second kappa shape index (κ2) is 8.38. The smallest absolute Gasteiger partial charge is 0.118 e. The molecular formula is C14H23ClN2O2. The molecule has 1 heterocycles. The molecule has 0 saturated carbocycles. The molecule has 1 fully saturated rings. The van der Waals surface area contributed by atoms with Gasteiger partial charge < -0.3 is 15.2 Å². The second-order valence-electron chi connectivity index (χ2n) is 4.59. The molecule has 4 nitrogen and oxygen atoms in total. The van der Waals surface area contributed by atoms with Crippen LogP contribution in [-0.2, 0) is 0 Å². The van der Waals surface area contributed by atoms with Crippen LogP contribution in [0.3, 0.4) is 0 Å². The first-order valence-electron chi connectivity index (χ1n) is 6.54. The van der Waals surface area contributed by atoms with Gasteiger partial charge >= 0.3 is 0 Å². The van der Waals surface area contributed by atoms with E-state index < -0.39 is 0 Å². The van der Waals surface area contributed by atoms with Crippen molar-refractivity contribution in [2.24, 2.45) is 0 Å². The molecule has 19 heavy (non-hydrogen) atoms. The SMILES string of the molecule is COc1ccc([C@H](CCO)N2CCNCC2)cc1.Cl. The first-order valence-corrected chi connectivity index (χ1v) is 6.54. The third-order valence-corrected chi connectivity index (χ3v) is 3.50. The van der Waals surface area contributed by atoms with Crippen LogP contribution in [0.2, 0.25) is 0 Å². The molecule has 1 aliphatic heterocycles. The predicted molar refractivity (Wildman–Crippen MR) is 79.1 cm³/mol. The molecule has 0 aliphatic carbocycles. The summed E-state index contributed by atoms with van der Waals surface area (Å²) in [5.74, 6) is 0.877. The zero-order valence-electron chi connectivity index (χ0n) is 11.3. The van der Waals surface area contributed by atoms with E-state index in [1.807, 2.05) is 12.1 Å². The Morgan fingerprint density at radius 3 is 2.42 bits per heavy atom. The van der Waals surface area contributed by atoms with E-state index in [-0.39, 0.29) is 19.0 Å². The number of hydrogen-bond acceptors (Lipinski definition) is 4. The van der Waals surface area contributed by atoms with E-state index >= 15 is 0 Å². The van der Waals surface area contributed by atoms with Crippen LogP contribution >= 0.6 is 12.4 Å². The minimum atomic E-state index is 0. The first-order chi connectivity index (χ1) is 8.85. The number of aliphatic hydroxyl groups is 1. The number of nitrogens with one attached hydrogen (secondary N) is 1. The fourth-order valence-corrected chi connectivity index (χ4v) is 2.50. The van der Waals surface area contributed by atoms with E-state index in [4.69, 9.17) is 4.74 Å². The van der Waals surface area contributed by atoms with Gasteiger partial charge in [0.05, 0.1) is 7.11 Å². The summed E-state index contributed by atoms with van der Waals surface area (Å²) < 4.78 is 5.18. The fraction of sp³-hybridized carbons (Fsp3) is 0.571. The Morgan fingerprint density at radius 2 is 1.89 bits per heavy atom. The molecule has 108 valence electrons. The average Bonchev–Trinajstić information content (AvgIpc) is 2.46. The highest BCUT2D eigenvalue weighted by Crippen LogP contribution is 2.26. The number of ether oxygens (including phenoxy) is 1. The highest BCUT2D eigenvalue weighted by molar-refractivity contribution is 5.85. The zero-order valence-corrected chi connectivity index (χ0v) is 12.2. The third kappa shape index (κ3) is 4.35. The summed E-state index contributed by atoms with van der Waals surface area (Å²) in [6.07, 6.45) is 0.784. The number of methoxy groups -OCH3 is 1. The molecule has 0 bridgehead atoms. The van der Waals surface area contributed by atoms with Crippen LogP contribution in [0.15, 0.2) is 24.3 Å². The molecule has 1 aliphatic rings. The monoisotopic (exact) mass is 286 g/mol. The Balaban J connectivity index is 0.00000180. The van der Waals surface area contributed by atoms with Crippen LogP contribution in [0.25, 0.3) is 0 Å². The summed E-state index contributed by atoms with van der Waals surface area (Å²) in [5, 5.41) is 12.6. The Bertz CT molecular complexity index is 353. The summed E-state index contributed by atoms with van der Waals surface area (Å²) in [6, 6.07) is 8.48. The number of piperazine rings is 1. The van der Waals surface area contributed by atoms with E-state index in [0.717, 1.165) is 38.3 Å². The lowest BCUT2D eigenvalue weighted by Gasteiger charge is -2.35. The normalized spacial score (nSPS) is 17.6. The van der Waals surface area contributed by atoms with Crippen molar-refractivity contribution in [1.82, 2.24) is 10.2 Å². The van der Waals surface area contributed by atoms with Gasteiger partial charge in [0.15, 0.2) is 0 Å². The lowest BCUT2D eigenvalue weighted by molar-refractivity contribution is 0.141. The van der Waals surface area contributed by atoms with Gasteiger partial charge in [-0.1, -0.05) is 12.1 Å². The lowest BCUT2D eigenvalue weighted by atomic mass is 10.0. The molecule has 1 aromatic carbocycles. The standard InChI is InChI=1S/C14H22N2O2.ClH/c1-18-13-4-2-12(3-5-13)14(6-11-17)16-9-7-15-8-10-16;/h2-5,14-15,17H,6-11H2,1H3;1H/t14-;/m0./s1. The largest absolute Gasteiger partial charge is 0.497 e. The molecule has 0 unspecified atom stereocenters. The summed E-state index contributed by atoms with van der Waals surface area (Å²) in [7, 11) is 1.68. The van der Waals surface area contributed by atoms with Crippen molar-refractivity contribution in [3.63, 3.8) is 0 Å². The number of rotatable bonds is 5. The number of aliphatic hydroxyl groups excluding tert-OH is 1. The second-order valence-corrected chi connectivity index (χ2v) is 4.59. The van der Waals surface area contributed by atoms with E-state index in [2.05, 4.69) is 22.3 Å². The van der Waals surface area contributed by atoms with Crippen LogP contribution in [0.5, 0.6) is 5.75 Å². The quantitative estimate of drug-likeness (QED) is 0.860. The van der Waals surface area contributed by atoms with Gasteiger partial charge in [0.1, 0.15) is 5.75 Å². The highest BCUT2D eigenvalue weighted by atomic mass is 35.5. The predicted octanol–water partition coefficient (Wildman–Crippen LogP) is 1.45. The topological polar surface area (TPSA) is 44.7 Å². The molecule has 0 radical (unpaired) electrons. The van der Waals surface area contributed by atoms with Crippen LogP contribution in [-0.4, -0.2) is 49.9 Å². The fourth-order valence-electron chi connectivity index (χ4n) is 2.50. The molecule has 2 N–H and O–H groups in total. The van der Waals surface area contributed by atoms with Gasteiger partial charge in [-0.05, 0) is 24.1 Å². The van der Waals surface area contributed by atoms with Gasteiger partial charge in [0.2, 0.25) is 0 Å². The van der Waals surface area contributed by atoms with Gasteiger partial charge in [-0.25, -0.2) is 0 Å². The molecule has 1 aromatic rings. The van der Waals surface area contributed by atoms with E-state index in [9.17, 15) is 5.11 Å². The van der Waals surface area contributed by atoms with Crippen LogP contribution < -0.4 is 10.1 Å². The van der Waals surface area contributed by atoms with Crippen LogP contribution in [0, 0.1) is 0 Å². The van der Waals surface area contributed by atoms with Gasteiger partial charge in [-0.15, -0.1) is 12.4 Å². The molecule has 2 rings (SSSR count). The molecule has 1 saturated heterocycles. The number of halogens is 1. The van der Waals surface area contributed by atoms with Gasteiger partial charge in [-0.3, -0.25) is 4.90 Å². The van der Waals surface area contributed by atoms with E-state index in [1.54, 1.807) is 7.11 Å². The Kier molecular flexibility index (Phi) is 7.16. The number of benzene rings is 1. The van der Waals surface area contributed by atoms with Crippen molar-refractivity contribution in [3.05, 3.63) is 29.8 Å². The van der Waals surface area contributed by atoms with Crippen LogP contribution in [0.1, 0.15) is 18.0 Å². The van der Waals surface area contributed by atoms with Crippen molar-refractivity contribution in [2.45, 2.75) is 12.5 Å². The van der Waals surface area contributed by atoms with Crippen molar-refractivity contribution >= 4 is 12.4 Å². The highest BCUT2D eigenvalue weighted by Gasteiger charge is 2.21. The van der Waals surface area contributed by atoms with Gasteiger partial charge in [0, 0.05) is 38.8 Å². The molecule has 0 spiro atoms. The minimum Gasteiger partial charge on any atom is -0.497 e. The lowest BCUT2D eigenvalue weighted by Crippen LogP contribution is -2.45. The Morgan fingerprint density at radius 1 is 1.26 bits per heavy atom. The zero-order chi connectivity index (χ0) is 12.8. The first kappa shape index (κ1) is 16.2. The average molecular weight is 287 g/mol. The molecule has 0 aromatic heterocycles. The van der Waals surface area contributed by atoms with Crippen molar-refractivity contribution < 1.29 is 9.84 Å². The Hall–Kier alpha value is -0.810. The number of nitrogens with zero attached hydrogens (tertiary/aromatic N) is 1. The summed E-state index contributed by atoms with van der Waals surface area (Å²) in [6.45, 7) is 4.35. The molecule has 5 heteroatoms. The van der Waals surface area contributed by atoms with E-state index in [0.29, 0.717) is 6.04 Å². The number of hydrogen-bond donors (Lipinski definition) is 2. The van der Waals surface area contributed by atoms with Crippen molar-refractivity contribution in [2.75, 3.05) is 39.9 Å². The van der Waals surface area contributed by atoms with E-state index in [1.165, 1.54) is 5.56 Å². The third-order valence-electron chi connectivity index (χ3n) is 3.50. The Labute approximate surface area is 121 Å². The molecule has 0 amide bonds. The summed E-state index contributed by atoms with van der Waals surface area (Å²) in [5.41, 5.74) is 1.26. The maximum atomic E-state index is 9.26. The summed E-state index contributed by atoms with van der Waals surface area (Å²) in [4.78, 5) is 2.44. The maximum absolute atomic E-state index is 9.26. The maximum Gasteiger partial charge on any atom is 0.118 e. The summed E-state index contributed by atoms with van der Waals surface area (Å²) >= 11 is 0. The van der Waals surface area contributed by atoms with Gasteiger partial charge in [0.25, 0.3) is 0 Å². The van der Waals surface area contributed by atoms with Crippen molar-refractivity contribution in [3.8, 4) is 5.75 Å². The van der Waals surface area contributed by atoms with Gasteiger partial charge in [-0.2, -0.15) is 0 Å². The molecule has 1 atom stereocenters. The molecular weight excluding hydrogens is 264 g/mol. The van der Waals surface area contributed by atoms with Crippen LogP contribution in [0.4, 0.5) is 0 Å².